The Morgan fingerprint density at radius 2 is 2.16 bits per heavy atom. The van der Waals surface area contributed by atoms with Gasteiger partial charge in [-0.15, -0.1) is 0 Å². The minimum atomic E-state index is 0.151. The second-order valence-electron chi connectivity index (χ2n) is 5.05. The van der Waals surface area contributed by atoms with Gasteiger partial charge in [-0.25, -0.2) is 0 Å². The average molecular weight is 283 g/mol. The summed E-state index contributed by atoms with van der Waals surface area (Å²) >= 11 is 6.30. The molecule has 2 atom stereocenters. The quantitative estimate of drug-likeness (QED) is 0.903. The number of halogens is 1. The van der Waals surface area contributed by atoms with Gasteiger partial charge >= 0.3 is 0 Å². The van der Waals surface area contributed by atoms with Crippen LogP contribution >= 0.6 is 11.6 Å². The third-order valence-corrected chi connectivity index (χ3v) is 4.20. The lowest BCUT2D eigenvalue weighted by atomic mass is 10.00. The molecule has 0 aliphatic carbocycles. The molecule has 0 saturated carbocycles. The van der Waals surface area contributed by atoms with Crippen molar-refractivity contribution in [1.82, 2.24) is 4.90 Å². The number of hydrogen-bond donors (Lipinski definition) is 1. The molecule has 1 saturated heterocycles. The Labute approximate surface area is 118 Å². The largest absolute Gasteiger partial charge is 0.486 e. The van der Waals surface area contributed by atoms with Crippen molar-refractivity contribution in [1.29, 1.82) is 0 Å². The van der Waals surface area contributed by atoms with E-state index in [9.17, 15) is 0 Å². The van der Waals surface area contributed by atoms with Crippen molar-refractivity contribution in [3.63, 3.8) is 0 Å². The minimum Gasteiger partial charge on any atom is -0.486 e. The van der Waals surface area contributed by atoms with Gasteiger partial charge in [0.05, 0.1) is 11.1 Å². The first-order valence-corrected chi connectivity index (χ1v) is 7.17. The van der Waals surface area contributed by atoms with Gasteiger partial charge in [0.15, 0.2) is 11.5 Å². The lowest BCUT2D eigenvalue weighted by molar-refractivity contribution is 0.170. The maximum atomic E-state index is 6.30. The van der Waals surface area contributed by atoms with Gasteiger partial charge in [-0.3, -0.25) is 4.90 Å². The van der Waals surface area contributed by atoms with E-state index < -0.39 is 0 Å². The SMILES string of the molecule is CCN1CCC(N)C1c1cc(Cl)c2c(c1)OCCO2. The first kappa shape index (κ1) is 13.0. The van der Waals surface area contributed by atoms with Crippen molar-refractivity contribution >= 4 is 11.6 Å². The second kappa shape index (κ2) is 5.19. The number of nitrogens with two attached hydrogens (primary N) is 1. The summed E-state index contributed by atoms with van der Waals surface area (Å²) in [5, 5.41) is 0.613. The zero-order valence-electron chi connectivity index (χ0n) is 11.1. The molecule has 0 aromatic heterocycles. The van der Waals surface area contributed by atoms with Crippen molar-refractivity contribution in [2.45, 2.75) is 25.4 Å². The van der Waals surface area contributed by atoms with Gasteiger partial charge < -0.3 is 15.2 Å². The molecule has 104 valence electrons. The van der Waals surface area contributed by atoms with E-state index in [1.807, 2.05) is 12.1 Å². The molecular formula is C14H19ClN2O2. The van der Waals surface area contributed by atoms with Crippen molar-refractivity contribution < 1.29 is 9.47 Å². The molecule has 2 heterocycles. The van der Waals surface area contributed by atoms with Crippen molar-refractivity contribution in [3.8, 4) is 11.5 Å². The van der Waals surface area contributed by atoms with Crippen LogP contribution in [0.15, 0.2) is 12.1 Å². The Bertz CT molecular complexity index is 481. The van der Waals surface area contributed by atoms with E-state index in [-0.39, 0.29) is 12.1 Å². The Morgan fingerprint density at radius 3 is 2.95 bits per heavy atom. The van der Waals surface area contributed by atoms with Crippen LogP contribution in [0.2, 0.25) is 5.02 Å². The maximum Gasteiger partial charge on any atom is 0.179 e. The molecule has 5 heteroatoms. The smallest absolute Gasteiger partial charge is 0.179 e. The van der Waals surface area contributed by atoms with Gasteiger partial charge in [-0.2, -0.15) is 0 Å². The lowest BCUT2D eigenvalue weighted by Gasteiger charge is -2.28. The molecule has 1 aromatic carbocycles. The highest BCUT2D eigenvalue weighted by Gasteiger charge is 2.33. The van der Waals surface area contributed by atoms with Crippen LogP contribution in [0.25, 0.3) is 0 Å². The lowest BCUT2D eigenvalue weighted by Crippen LogP contribution is -2.31. The van der Waals surface area contributed by atoms with Crippen LogP contribution in [-0.4, -0.2) is 37.2 Å². The van der Waals surface area contributed by atoms with Crippen LogP contribution in [0, 0.1) is 0 Å². The fourth-order valence-electron chi connectivity index (χ4n) is 3.00. The van der Waals surface area contributed by atoms with E-state index in [1.54, 1.807) is 0 Å². The zero-order chi connectivity index (χ0) is 13.4. The summed E-state index contributed by atoms with van der Waals surface area (Å²) in [6.45, 7) is 5.31. The topological polar surface area (TPSA) is 47.7 Å². The van der Waals surface area contributed by atoms with Gasteiger partial charge in [-0.1, -0.05) is 18.5 Å². The number of likely N-dealkylation sites (tertiary alicyclic amines) is 1. The number of fused-ring (bicyclic) bond motifs is 1. The molecule has 2 aliphatic rings. The summed E-state index contributed by atoms with van der Waals surface area (Å²) in [4.78, 5) is 2.38. The Morgan fingerprint density at radius 1 is 1.37 bits per heavy atom. The standard InChI is InChI=1S/C14H19ClN2O2/c1-2-17-4-3-11(16)13(17)9-7-10(15)14-12(8-9)18-5-6-19-14/h7-8,11,13H,2-6,16H2,1H3. The van der Waals surface area contributed by atoms with Gasteiger partial charge in [0.2, 0.25) is 0 Å². The molecule has 4 nitrogen and oxygen atoms in total. The monoisotopic (exact) mass is 282 g/mol. The second-order valence-corrected chi connectivity index (χ2v) is 5.46. The van der Waals surface area contributed by atoms with Crippen LogP contribution in [-0.2, 0) is 0 Å². The first-order chi connectivity index (χ1) is 9.20. The molecule has 3 rings (SSSR count). The number of ether oxygens (including phenoxy) is 2. The predicted molar refractivity (Wildman–Crippen MR) is 75.0 cm³/mol. The van der Waals surface area contributed by atoms with E-state index >= 15 is 0 Å². The van der Waals surface area contributed by atoms with Crippen LogP contribution in [0.1, 0.15) is 24.9 Å². The zero-order valence-corrected chi connectivity index (χ0v) is 11.8. The first-order valence-electron chi connectivity index (χ1n) is 6.79. The Kier molecular flexibility index (Phi) is 3.56. The third-order valence-electron chi connectivity index (χ3n) is 3.92. The van der Waals surface area contributed by atoms with E-state index in [2.05, 4.69) is 11.8 Å². The maximum absolute atomic E-state index is 6.30. The molecular weight excluding hydrogens is 264 g/mol. The summed E-state index contributed by atoms with van der Waals surface area (Å²) in [6.07, 6.45) is 1.02. The minimum absolute atomic E-state index is 0.151. The van der Waals surface area contributed by atoms with Gasteiger partial charge in [0, 0.05) is 12.6 Å². The van der Waals surface area contributed by atoms with Crippen LogP contribution in [0.5, 0.6) is 11.5 Å². The molecule has 2 N–H and O–H groups in total. The summed E-state index contributed by atoms with van der Waals surface area (Å²) in [5.74, 6) is 1.40. The molecule has 1 fully saturated rings. The Hall–Kier alpha value is -0.970. The highest BCUT2D eigenvalue weighted by molar-refractivity contribution is 6.32. The average Bonchev–Trinajstić information content (AvgIpc) is 2.80. The van der Waals surface area contributed by atoms with Gasteiger partial charge in [0.25, 0.3) is 0 Å². The molecule has 19 heavy (non-hydrogen) atoms. The fraction of sp³-hybridized carbons (Fsp3) is 0.571. The summed E-state index contributed by atoms with van der Waals surface area (Å²) in [5.41, 5.74) is 7.37. The van der Waals surface area contributed by atoms with Crippen LogP contribution in [0.4, 0.5) is 0 Å². The molecule has 2 unspecified atom stereocenters. The molecule has 0 bridgehead atoms. The van der Waals surface area contributed by atoms with Crippen molar-refractivity contribution in [2.24, 2.45) is 5.73 Å². The van der Waals surface area contributed by atoms with Crippen molar-refractivity contribution in [3.05, 3.63) is 22.7 Å². The Balaban J connectivity index is 1.98. The normalized spacial score (nSPS) is 26.7. The number of rotatable bonds is 2. The number of likely N-dealkylation sites (N-methyl/N-ethyl adjacent to an activating group) is 1. The molecule has 0 amide bonds. The number of benzene rings is 1. The van der Waals surface area contributed by atoms with E-state index in [1.165, 1.54) is 0 Å². The number of nitrogens with zero attached hydrogens (tertiary/aromatic N) is 1. The van der Waals surface area contributed by atoms with Crippen LogP contribution < -0.4 is 15.2 Å². The highest BCUT2D eigenvalue weighted by Crippen LogP contribution is 2.42. The fourth-order valence-corrected chi connectivity index (χ4v) is 3.27. The van der Waals surface area contributed by atoms with E-state index in [4.69, 9.17) is 26.8 Å². The van der Waals surface area contributed by atoms with Crippen LogP contribution in [0.3, 0.4) is 0 Å². The molecule has 1 aromatic rings. The third kappa shape index (κ3) is 2.29. The van der Waals surface area contributed by atoms with E-state index in [0.717, 1.165) is 30.8 Å². The van der Waals surface area contributed by atoms with Gasteiger partial charge in [0.1, 0.15) is 13.2 Å². The molecule has 2 aliphatic heterocycles. The molecule has 0 spiro atoms. The predicted octanol–water partition coefficient (Wildman–Crippen LogP) is 2.21. The van der Waals surface area contributed by atoms with Gasteiger partial charge in [-0.05, 0) is 30.7 Å². The number of hydrogen-bond acceptors (Lipinski definition) is 4. The molecule has 0 radical (unpaired) electrons. The summed E-state index contributed by atoms with van der Waals surface area (Å²) in [7, 11) is 0. The summed E-state index contributed by atoms with van der Waals surface area (Å²) < 4.78 is 11.2. The highest BCUT2D eigenvalue weighted by atomic mass is 35.5. The van der Waals surface area contributed by atoms with E-state index in [0.29, 0.717) is 24.0 Å². The summed E-state index contributed by atoms with van der Waals surface area (Å²) in [6, 6.07) is 4.36. The van der Waals surface area contributed by atoms with Crippen molar-refractivity contribution in [2.75, 3.05) is 26.3 Å².